The second-order valence-corrected chi connectivity index (χ2v) is 7.37. The van der Waals surface area contributed by atoms with Gasteiger partial charge in [0.15, 0.2) is 5.60 Å². The third kappa shape index (κ3) is 3.00. The van der Waals surface area contributed by atoms with E-state index in [1.807, 2.05) is 72.8 Å². The molecule has 1 saturated heterocycles. The summed E-state index contributed by atoms with van der Waals surface area (Å²) >= 11 is 0. The van der Waals surface area contributed by atoms with E-state index >= 15 is 0 Å². The largest absolute Gasteiger partial charge is 0.374 e. The number of pyridine rings is 1. The van der Waals surface area contributed by atoms with E-state index < -0.39 is 5.60 Å². The lowest BCUT2D eigenvalue weighted by Crippen LogP contribution is -2.33. The van der Waals surface area contributed by atoms with E-state index in [9.17, 15) is 5.11 Å². The van der Waals surface area contributed by atoms with Crippen LogP contribution in [0.4, 0.5) is 0 Å². The Morgan fingerprint density at radius 2 is 1.50 bits per heavy atom. The molecule has 152 valence electrons. The van der Waals surface area contributed by atoms with Crippen LogP contribution in [-0.4, -0.2) is 14.5 Å². The van der Waals surface area contributed by atoms with Gasteiger partial charge in [0.05, 0.1) is 0 Å². The number of rotatable bonds is 5. The molecule has 0 amide bonds. The summed E-state index contributed by atoms with van der Waals surface area (Å²) in [5.41, 5.74) is 15.6. The Hall–Kier alpha value is -3.07. The van der Waals surface area contributed by atoms with Gasteiger partial charge in [-0.2, -0.15) is 11.1 Å². The second kappa shape index (κ2) is 7.64. The van der Waals surface area contributed by atoms with Gasteiger partial charge in [0.2, 0.25) is 0 Å². The van der Waals surface area contributed by atoms with Crippen LogP contribution in [0.5, 0.6) is 0 Å². The van der Waals surface area contributed by atoms with E-state index in [-0.39, 0.29) is 6.17 Å². The van der Waals surface area contributed by atoms with E-state index in [4.69, 9.17) is 4.98 Å². The van der Waals surface area contributed by atoms with Crippen LogP contribution in [0.2, 0.25) is 0 Å². The van der Waals surface area contributed by atoms with Crippen molar-refractivity contribution in [2.24, 2.45) is 0 Å². The average Bonchev–Trinajstić information content (AvgIpc) is 3.47. The van der Waals surface area contributed by atoms with Gasteiger partial charge in [-0.3, -0.25) is 0 Å². The van der Waals surface area contributed by atoms with Crippen LogP contribution < -0.4 is 21.9 Å². The van der Waals surface area contributed by atoms with Crippen molar-refractivity contribution < 1.29 is 5.11 Å². The molecule has 30 heavy (non-hydrogen) atoms. The second-order valence-electron chi connectivity index (χ2n) is 7.37. The van der Waals surface area contributed by atoms with E-state index in [0.29, 0.717) is 5.69 Å². The highest BCUT2D eigenvalue weighted by molar-refractivity contribution is 5.53. The van der Waals surface area contributed by atoms with Crippen molar-refractivity contribution in [1.82, 2.24) is 31.3 Å². The number of fused-ring (bicyclic) bond motifs is 1. The Balaban J connectivity index is 1.74. The average molecular weight is 400 g/mol. The lowest BCUT2D eigenvalue weighted by Gasteiger charge is -2.29. The van der Waals surface area contributed by atoms with Crippen molar-refractivity contribution in [3.63, 3.8) is 0 Å². The molecule has 0 aliphatic carbocycles. The number of hydrazine groups is 3. The van der Waals surface area contributed by atoms with Gasteiger partial charge in [-0.15, -0.1) is 0 Å². The number of aryl methyl sites for hydroxylation is 1. The van der Waals surface area contributed by atoms with Gasteiger partial charge in [-0.1, -0.05) is 73.7 Å². The fourth-order valence-corrected chi connectivity index (χ4v) is 4.13. The Morgan fingerprint density at radius 3 is 2.07 bits per heavy atom. The molecule has 3 heterocycles. The quantitative estimate of drug-likeness (QED) is 0.354. The first-order valence-electron chi connectivity index (χ1n) is 10.1. The lowest BCUT2D eigenvalue weighted by molar-refractivity contribution is 0.120. The van der Waals surface area contributed by atoms with Gasteiger partial charge in [0.1, 0.15) is 17.5 Å². The number of aliphatic hydroxyl groups is 1. The molecule has 1 aliphatic heterocycles. The van der Waals surface area contributed by atoms with Gasteiger partial charge in [-0.25, -0.2) is 15.8 Å². The van der Waals surface area contributed by atoms with Gasteiger partial charge < -0.3 is 9.51 Å². The summed E-state index contributed by atoms with van der Waals surface area (Å²) < 4.78 is 2.07. The zero-order chi connectivity index (χ0) is 20.6. The van der Waals surface area contributed by atoms with Crippen LogP contribution in [0.3, 0.4) is 0 Å². The number of nitrogens with zero attached hydrogens (tertiary/aromatic N) is 2. The Kier molecular flexibility index (Phi) is 4.82. The highest BCUT2D eigenvalue weighted by Gasteiger charge is 2.38. The maximum atomic E-state index is 12.2. The molecule has 5 rings (SSSR count). The van der Waals surface area contributed by atoms with E-state index in [2.05, 4.69) is 39.4 Å². The number of imidazole rings is 1. The van der Waals surface area contributed by atoms with Crippen LogP contribution in [0.1, 0.15) is 41.2 Å². The van der Waals surface area contributed by atoms with Crippen LogP contribution in [0.15, 0.2) is 79.0 Å². The summed E-state index contributed by atoms with van der Waals surface area (Å²) in [6.45, 7) is 2.09. The predicted octanol–water partition coefficient (Wildman–Crippen LogP) is 2.30. The Bertz CT molecular complexity index is 1110. The zero-order valence-electron chi connectivity index (χ0n) is 16.6. The molecule has 2 aromatic heterocycles. The number of aromatic nitrogens is 2. The predicted molar refractivity (Wildman–Crippen MR) is 115 cm³/mol. The maximum Gasteiger partial charge on any atom is 0.159 e. The third-order valence-electron chi connectivity index (χ3n) is 5.63. The first-order valence-corrected chi connectivity index (χ1v) is 10.1. The zero-order valence-corrected chi connectivity index (χ0v) is 16.6. The fraction of sp³-hybridized carbons (Fsp3) is 0.174. The highest BCUT2D eigenvalue weighted by atomic mass is 16.3. The summed E-state index contributed by atoms with van der Waals surface area (Å²) in [6, 6.07) is 23.5. The summed E-state index contributed by atoms with van der Waals surface area (Å²) in [4.78, 5) is 4.92. The summed E-state index contributed by atoms with van der Waals surface area (Å²) in [6.07, 6.45) is 2.71. The lowest BCUT2D eigenvalue weighted by atomic mass is 9.82. The van der Waals surface area contributed by atoms with Gasteiger partial charge in [0.25, 0.3) is 0 Å². The molecule has 4 aromatic rings. The van der Waals surface area contributed by atoms with Crippen molar-refractivity contribution >= 4 is 5.65 Å². The maximum absolute atomic E-state index is 12.2. The SMILES string of the molecule is CCc1c(C(O)(c2ccccc2)c2ccccc2)nc2ccc(C3NNNN3)cn12. The van der Waals surface area contributed by atoms with Crippen molar-refractivity contribution in [2.75, 3.05) is 0 Å². The van der Waals surface area contributed by atoms with Crippen molar-refractivity contribution in [3.05, 3.63) is 107 Å². The smallest absolute Gasteiger partial charge is 0.159 e. The third-order valence-corrected chi connectivity index (χ3v) is 5.63. The molecule has 0 spiro atoms. The molecule has 5 N–H and O–H groups in total. The highest BCUT2D eigenvalue weighted by Crippen LogP contribution is 2.38. The first kappa shape index (κ1) is 18.9. The minimum Gasteiger partial charge on any atom is -0.374 e. The van der Waals surface area contributed by atoms with Crippen LogP contribution in [0.25, 0.3) is 5.65 Å². The minimum absolute atomic E-state index is 0.0768. The van der Waals surface area contributed by atoms with Gasteiger partial charge in [0, 0.05) is 17.5 Å². The van der Waals surface area contributed by atoms with Crippen molar-refractivity contribution in [3.8, 4) is 0 Å². The molecule has 1 fully saturated rings. The number of benzene rings is 2. The number of hydrogen-bond donors (Lipinski definition) is 5. The van der Waals surface area contributed by atoms with Crippen molar-refractivity contribution in [2.45, 2.75) is 25.1 Å². The molecule has 7 heteroatoms. The summed E-state index contributed by atoms with van der Waals surface area (Å²) in [5, 5.41) is 12.2. The topological polar surface area (TPSA) is 85.7 Å². The molecule has 0 bridgehead atoms. The van der Waals surface area contributed by atoms with Crippen LogP contribution in [0, 0.1) is 0 Å². The molecular formula is C23H24N6O. The van der Waals surface area contributed by atoms with Gasteiger partial charge >= 0.3 is 0 Å². The first-order chi connectivity index (χ1) is 14.7. The molecular weight excluding hydrogens is 376 g/mol. The normalized spacial score (nSPS) is 15.1. The monoisotopic (exact) mass is 400 g/mol. The molecule has 0 unspecified atom stereocenters. The molecule has 2 aromatic carbocycles. The van der Waals surface area contributed by atoms with E-state index in [1.165, 1.54) is 0 Å². The molecule has 0 atom stereocenters. The molecule has 0 saturated carbocycles. The van der Waals surface area contributed by atoms with Crippen LogP contribution in [-0.2, 0) is 12.0 Å². The molecule has 0 radical (unpaired) electrons. The summed E-state index contributed by atoms with van der Waals surface area (Å²) in [7, 11) is 0. The van der Waals surface area contributed by atoms with Gasteiger partial charge in [-0.05, 0) is 23.6 Å². The molecule has 1 aliphatic rings. The standard InChI is InChI=1S/C23H24N6O/c1-2-19-21(24-20-14-13-16(15-29(19)20)22-25-27-28-26-22)23(30,17-9-5-3-6-10-17)18-11-7-4-8-12-18/h3-15,22,25-28,30H,2H2,1H3. The Morgan fingerprint density at radius 1 is 0.900 bits per heavy atom. The summed E-state index contributed by atoms with van der Waals surface area (Å²) in [5.74, 6) is 0. The minimum atomic E-state index is -1.35. The fourth-order valence-electron chi connectivity index (χ4n) is 4.13. The van der Waals surface area contributed by atoms with E-state index in [1.54, 1.807) is 0 Å². The van der Waals surface area contributed by atoms with E-state index in [0.717, 1.165) is 34.5 Å². The molecule has 7 nitrogen and oxygen atoms in total. The number of nitrogens with one attached hydrogen (secondary N) is 4. The van der Waals surface area contributed by atoms with Crippen molar-refractivity contribution in [1.29, 1.82) is 0 Å². The number of hydrogen-bond acceptors (Lipinski definition) is 6. The Labute approximate surface area is 174 Å². The van der Waals surface area contributed by atoms with Crippen LogP contribution >= 0.6 is 0 Å².